The maximum absolute atomic E-state index is 13.5. The van der Waals surface area contributed by atoms with Gasteiger partial charge in [0, 0.05) is 32.5 Å². The summed E-state index contributed by atoms with van der Waals surface area (Å²) < 4.78 is 36.5. The molecule has 1 aliphatic rings. The largest absolute Gasteiger partial charge is 0.493 e. The monoisotopic (exact) mass is 520 g/mol. The van der Waals surface area contributed by atoms with Gasteiger partial charge in [0.1, 0.15) is 23.3 Å². The summed E-state index contributed by atoms with van der Waals surface area (Å²) >= 11 is 5.59. The highest BCUT2D eigenvalue weighted by atomic mass is 32.2. The molecular weight excluding hydrogens is 488 g/mol. The standard InChI is InChI=1S/C23H32N6O4S2/c1-5-7-19-24-15(3)21-23(34)25-22(26-29(19)21)17-14-16(8-9-18(17)33-6-2)35(31,32)28-11-10-20(30)27(4)12-13-28/h8-9,14,20,30H,5-7,10-13H2,1-4H3,(H,25,26,34). The van der Waals surface area contributed by atoms with E-state index in [1.807, 2.05) is 18.4 Å². The van der Waals surface area contributed by atoms with Crippen LogP contribution in [0.5, 0.6) is 5.75 Å². The summed E-state index contributed by atoms with van der Waals surface area (Å²) in [5.41, 5.74) is 2.03. The number of fused-ring (bicyclic) bond motifs is 1. The van der Waals surface area contributed by atoms with Crippen molar-refractivity contribution < 1.29 is 18.3 Å². The minimum absolute atomic E-state index is 0.131. The van der Waals surface area contributed by atoms with E-state index in [1.165, 1.54) is 4.31 Å². The summed E-state index contributed by atoms with van der Waals surface area (Å²) in [6.07, 6.45) is 1.34. The van der Waals surface area contributed by atoms with Crippen LogP contribution in [-0.4, -0.2) is 81.8 Å². The Bertz CT molecular complexity index is 1370. The third-order valence-electron chi connectivity index (χ3n) is 6.22. The molecule has 3 aromatic rings. The second-order valence-corrected chi connectivity index (χ2v) is 11.0. The van der Waals surface area contributed by atoms with Gasteiger partial charge in [-0.1, -0.05) is 19.1 Å². The minimum atomic E-state index is -3.81. The van der Waals surface area contributed by atoms with Gasteiger partial charge in [0.2, 0.25) is 10.0 Å². The number of rotatable bonds is 7. The molecule has 1 saturated heterocycles. The Morgan fingerprint density at radius 2 is 2.00 bits per heavy atom. The van der Waals surface area contributed by atoms with Crippen LogP contribution < -0.4 is 4.74 Å². The molecule has 1 aromatic carbocycles. The molecule has 1 fully saturated rings. The van der Waals surface area contributed by atoms with Gasteiger partial charge in [0.05, 0.1) is 22.8 Å². The van der Waals surface area contributed by atoms with Crippen molar-refractivity contribution in [2.45, 2.75) is 51.2 Å². The van der Waals surface area contributed by atoms with Crippen LogP contribution >= 0.6 is 12.2 Å². The highest BCUT2D eigenvalue weighted by Crippen LogP contribution is 2.32. The zero-order chi connectivity index (χ0) is 25.3. The highest BCUT2D eigenvalue weighted by molar-refractivity contribution is 7.89. The normalized spacial score (nSPS) is 18.1. The first kappa shape index (κ1) is 25.7. The predicted octanol–water partition coefficient (Wildman–Crippen LogP) is 2.76. The maximum Gasteiger partial charge on any atom is 0.243 e. The molecule has 10 nitrogen and oxygen atoms in total. The SMILES string of the molecule is CCCc1nc(C)c2c(=S)nc(-c3cc(S(=O)(=O)N4CCC(O)N(C)CC4)ccc3OCC)[nH]n12. The number of aromatic nitrogens is 4. The van der Waals surface area contributed by atoms with Gasteiger partial charge in [0.15, 0.2) is 10.5 Å². The Morgan fingerprint density at radius 3 is 2.71 bits per heavy atom. The van der Waals surface area contributed by atoms with Crippen LogP contribution in [0.4, 0.5) is 0 Å². The number of H-pyrrole nitrogens is 1. The lowest BCUT2D eigenvalue weighted by Crippen LogP contribution is -2.35. The van der Waals surface area contributed by atoms with Crippen molar-refractivity contribution in [2.24, 2.45) is 0 Å². The van der Waals surface area contributed by atoms with E-state index in [2.05, 4.69) is 22.0 Å². The summed E-state index contributed by atoms with van der Waals surface area (Å²) in [5, 5.41) is 13.4. The van der Waals surface area contributed by atoms with Gasteiger partial charge in [-0.05, 0) is 45.5 Å². The fourth-order valence-corrected chi connectivity index (χ4v) is 6.09. The average Bonchev–Trinajstić information content (AvgIpc) is 3.03. The first-order valence-corrected chi connectivity index (χ1v) is 13.7. The fourth-order valence-electron chi connectivity index (χ4n) is 4.29. The molecular formula is C23H32N6O4S2. The molecule has 0 amide bonds. The molecule has 1 aliphatic heterocycles. The molecule has 0 spiro atoms. The molecule has 12 heteroatoms. The van der Waals surface area contributed by atoms with E-state index in [0.717, 1.165) is 29.9 Å². The lowest BCUT2D eigenvalue weighted by atomic mass is 10.2. The van der Waals surface area contributed by atoms with E-state index in [0.29, 0.717) is 47.9 Å². The van der Waals surface area contributed by atoms with E-state index >= 15 is 0 Å². The molecule has 4 rings (SSSR count). The zero-order valence-electron chi connectivity index (χ0n) is 20.5. The number of aromatic amines is 1. The number of aliphatic hydroxyl groups is 1. The number of sulfonamides is 1. The smallest absolute Gasteiger partial charge is 0.243 e. The lowest BCUT2D eigenvalue weighted by Gasteiger charge is -2.21. The van der Waals surface area contributed by atoms with Crippen LogP contribution in [0.25, 0.3) is 16.9 Å². The number of nitrogens with zero attached hydrogens (tertiary/aromatic N) is 5. The van der Waals surface area contributed by atoms with Gasteiger partial charge in [-0.3, -0.25) is 10.00 Å². The molecule has 1 unspecified atom stereocenters. The van der Waals surface area contributed by atoms with E-state index in [-0.39, 0.29) is 11.4 Å². The molecule has 3 heterocycles. The molecule has 0 saturated carbocycles. The molecule has 1 atom stereocenters. The number of benzene rings is 1. The van der Waals surface area contributed by atoms with Gasteiger partial charge in [-0.15, -0.1) is 0 Å². The molecule has 2 aromatic heterocycles. The van der Waals surface area contributed by atoms with Gasteiger partial charge < -0.3 is 9.84 Å². The maximum atomic E-state index is 13.5. The van der Waals surface area contributed by atoms with Crippen molar-refractivity contribution in [3.8, 4) is 17.1 Å². The van der Waals surface area contributed by atoms with Crippen LogP contribution in [0.3, 0.4) is 0 Å². The van der Waals surface area contributed by atoms with Gasteiger partial charge >= 0.3 is 0 Å². The molecule has 0 bridgehead atoms. The van der Waals surface area contributed by atoms with Crippen molar-refractivity contribution in [3.63, 3.8) is 0 Å². The van der Waals surface area contributed by atoms with Crippen LogP contribution in [-0.2, 0) is 16.4 Å². The topological polar surface area (TPSA) is 116 Å². The van der Waals surface area contributed by atoms with Crippen LogP contribution in [0.2, 0.25) is 0 Å². The highest BCUT2D eigenvalue weighted by Gasteiger charge is 2.30. The van der Waals surface area contributed by atoms with Crippen LogP contribution in [0, 0.1) is 11.6 Å². The van der Waals surface area contributed by atoms with Crippen LogP contribution in [0.15, 0.2) is 23.1 Å². The van der Waals surface area contributed by atoms with Gasteiger partial charge in [0.25, 0.3) is 0 Å². The van der Waals surface area contributed by atoms with Gasteiger partial charge in [-0.25, -0.2) is 22.9 Å². The zero-order valence-corrected chi connectivity index (χ0v) is 22.1. The van der Waals surface area contributed by atoms with E-state index in [4.69, 9.17) is 17.0 Å². The summed E-state index contributed by atoms with van der Waals surface area (Å²) in [4.78, 5) is 11.1. The third kappa shape index (κ3) is 4.98. The van der Waals surface area contributed by atoms with Crippen molar-refractivity contribution in [2.75, 3.05) is 33.3 Å². The Morgan fingerprint density at radius 1 is 1.23 bits per heavy atom. The number of hydrogen-bond donors (Lipinski definition) is 2. The number of likely N-dealkylation sites (N-methyl/N-ethyl adjacent to an activating group) is 1. The first-order chi connectivity index (χ1) is 16.7. The summed E-state index contributed by atoms with van der Waals surface area (Å²) in [7, 11) is -2.02. The van der Waals surface area contributed by atoms with Crippen molar-refractivity contribution in [1.29, 1.82) is 0 Å². The van der Waals surface area contributed by atoms with Crippen molar-refractivity contribution in [3.05, 3.63) is 34.4 Å². The molecule has 35 heavy (non-hydrogen) atoms. The van der Waals surface area contributed by atoms with Gasteiger partial charge in [-0.2, -0.15) is 4.31 Å². The average molecular weight is 521 g/mol. The number of ether oxygens (including phenoxy) is 1. The number of aryl methyl sites for hydroxylation is 2. The Labute approximate surface area is 210 Å². The minimum Gasteiger partial charge on any atom is -0.493 e. The number of hydrogen-bond acceptors (Lipinski definition) is 8. The van der Waals surface area contributed by atoms with Crippen molar-refractivity contribution >= 4 is 27.8 Å². The molecule has 2 N–H and O–H groups in total. The van der Waals surface area contributed by atoms with Crippen molar-refractivity contribution in [1.82, 2.24) is 28.8 Å². The number of nitrogens with one attached hydrogen (secondary N) is 1. The quantitative estimate of drug-likeness (QED) is 0.457. The molecule has 190 valence electrons. The Hall–Kier alpha value is -2.38. The molecule has 0 radical (unpaired) electrons. The lowest BCUT2D eigenvalue weighted by molar-refractivity contribution is 0.0268. The van der Waals surface area contributed by atoms with E-state index < -0.39 is 16.3 Å². The first-order valence-electron chi connectivity index (χ1n) is 11.8. The third-order valence-corrected chi connectivity index (χ3v) is 8.40. The predicted molar refractivity (Wildman–Crippen MR) is 136 cm³/mol. The van der Waals surface area contributed by atoms with E-state index in [1.54, 1.807) is 30.1 Å². The Kier molecular flexibility index (Phi) is 7.57. The summed E-state index contributed by atoms with van der Waals surface area (Å²) in [6.45, 7) is 7.21. The van der Waals surface area contributed by atoms with Crippen LogP contribution in [0.1, 0.15) is 38.2 Å². The second-order valence-electron chi connectivity index (χ2n) is 8.67. The summed E-state index contributed by atoms with van der Waals surface area (Å²) in [6, 6.07) is 4.78. The number of aliphatic hydroxyl groups excluding tert-OH is 1. The fraction of sp³-hybridized carbons (Fsp3) is 0.522. The second kappa shape index (κ2) is 10.3. The number of imidazole rings is 1. The Balaban J connectivity index is 1.83. The van der Waals surface area contributed by atoms with E-state index in [9.17, 15) is 13.5 Å². The summed E-state index contributed by atoms with van der Waals surface area (Å²) in [5.74, 6) is 1.75. The molecule has 0 aliphatic carbocycles.